The van der Waals surface area contributed by atoms with Gasteiger partial charge in [0.05, 0.1) is 17.9 Å². The highest BCUT2D eigenvalue weighted by Gasteiger charge is 2.27. The number of hydrogen-bond donors (Lipinski definition) is 2. The smallest absolute Gasteiger partial charge is 0.407 e. The van der Waals surface area contributed by atoms with Crippen LogP contribution in [-0.4, -0.2) is 33.4 Å². The molecule has 2 amide bonds. The van der Waals surface area contributed by atoms with Gasteiger partial charge in [-0.15, -0.1) is 11.3 Å². The number of anilines is 1. The van der Waals surface area contributed by atoms with Crippen molar-refractivity contribution in [1.82, 2.24) is 20.1 Å². The summed E-state index contributed by atoms with van der Waals surface area (Å²) in [4.78, 5) is 29.6. The minimum Gasteiger partial charge on any atom is -0.449 e. The summed E-state index contributed by atoms with van der Waals surface area (Å²) in [6.07, 6.45) is 10.1. The van der Waals surface area contributed by atoms with Crippen molar-refractivity contribution in [3.8, 4) is 6.07 Å². The van der Waals surface area contributed by atoms with E-state index >= 15 is 0 Å². The number of aromatic nitrogens is 3. The summed E-state index contributed by atoms with van der Waals surface area (Å²) in [7, 11) is 1.84. The fourth-order valence-corrected chi connectivity index (χ4v) is 5.35. The molecule has 0 radical (unpaired) electrons. The molecule has 0 saturated carbocycles. The van der Waals surface area contributed by atoms with E-state index in [2.05, 4.69) is 26.8 Å². The van der Waals surface area contributed by atoms with Crippen molar-refractivity contribution >= 4 is 34.4 Å². The van der Waals surface area contributed by atoms with E-state index in [4.69, 9.17) is 4.74 Å². The molecule has 0 spiro atoms. The molecule has 0 bridgehead atoms. The molecule has 3 aromatic heterocycles. The zero-order valence-corrected chi connectivity index (χ0v) is 20.4. The second-order valence-electron chi connectivity index (χ2n) is 8.40. The SMILES string of the molecule is Cc1nn(C)cc1CNC(=O)OCC1CCc2c(sc(NC(=O)/C=C/c3cccnc3)c2C#N)C1. The molecule has 3 heterocycles. The number of carbonyl (C=O) groups is 2. The van der Waals surface area contributed by atoms with Crippen molar-refractivity contribution in [2.45, 2.75) is 32.7 Å². The first kappa shape index (κ1) is 24.2. The van der Waals surface area contributed by atoms with Crippen molar-refractivity contribution in [3.63, 3.8) is 0 Å². The first-order chi connectivity index (χ1) is 16.9. The largest absolute Gasteiger partial charge is 0.449 e. The molecule has 9 nitrogen and oxygen atoms in total. The number of rotatable bonds is 7. The summed E-state index contributed by atoms with van der Waals surface area (Å²) in [6, 6.07) is 5.89. The first-order valence-electron chi connectivity index (χ1n) is 11.3. The van der Waals surface area contributed by atoms with E-state index in [1.54, 1.807) is 29.2 Å². The van der Waals surface area contributed by atoms with Gasteiger partial charge in [-0.2, -0.15) is 10.4 Å². The van der Waals surface area contributed by atoms with Crippen LogP contribution in [0, 0.1) is 24.2 Å². The van der Waals surface area contributed by atoms with Crippen molar-refractivity contribution in [3.05, 3.63) is 69.6 Å². The van der Waals surface area contributed by atoms with Gasteiger partial charge in [-0.3, -0.25) is 14.5 Å². The average Bonchev–Trinajstić information content (AvgIpc) is 3.37. The molecule has 3 aromatic rings. The van der Waals surface area contributed by atoms with Crippen LogP contribution in [-0.2, 0) is 36.0 Å². The number of pyridine rings is 1. The van der Waals surface area contributed by atoms with Crippen LogP contribution < -0.4 is 10.6 Å². The number of fused-ring (bicyclic) bond motifs is 1. The third kappa shape index (κ3) is 6.13. The fourth-order valence-electron chi connectivity index (χ4n) is 4.04. The Morgan fingerprint density at radius 2 is 2.29 bits per heavy atom. The predicted molar refractivity (Wildman–Crippen MR) is 133 cm³/mol. The van der Waals surface area contributed by atoms with E-state index in [9.17, 15) is 14.9 Å². The molecule has 1 aliphatic carbocycles. The van der Waals surface area contributed by atoms with Crippen LogP contribution in [0.4, 0.5) is 9.80 Å². The molecule has 1 aliphatic rings. The van der Waals surface area contributed by atoms with Gasteiger partial charge < -0.3 is 15.4 Å². The summed E-state index contributed by atoms with van der Waals surface area (Å²) in [6.45, 7) is 2.56. The Hall–Kier alpha value is -3.97. The normalized spacial score (nSPS) is 14.8. The Morgan fingerprint density at radius 1 is 1.43 bits per heavy atom. The Balaban J connectivity index is 1.31. The lowest BCUT2D eigenvalue weighted by Gasteiger charge is -2.21. The van der Waals surface area contributed by atoms with Crippen LogP contribution >= 0.6 is 11.3 Å². The summed E-state index contributed by atoms with van der Waals surface area (Å²) in [5, 5.41) is 20.1. The number of aryl methyl sites for hydroxylation is 2. The van der Waals surface area contributed by atoms with E-state index < -0.39 is 6.09 Å². The minimum atomic E-state index is -0.462. The molecular weight excluding hydrogens is 464 g/mol. The average molecular weight is 491 g/mol. The molecule has 180 valence electrons. The van der Waals surface area contributed by atoms with Gasteiger partial charge in [-0.05, 0) is 55.4 Å². The molecule has 0 fully saturated rings. The third-order valence-electron chi connectivity index (χ3n) is 5.82. The predicted octanol–water partition coefficient (Wildman–Crippen LogP) is 3.74. The number of alkyl carbamates (subject to hydrolysis) is 1. The monoisotopic (exact) mass is 490 g/mol. The standard InChI is InChI=1S/C25H26N6O3S/c1-16-19(14-31(2)30-16)13-28-25(33)34-15-18-5-7-20-21(11-26)24(35-22(20)10-18)29-23(32)8-6-17-4-3-9-27-12-17/h3-4,6,8-9,12,14,18H,5,7,10,13,15H2,1-2H3,(H,28,33)(H,29,32)/b8-6+. The highest BCUT2D eigenvalue weighted by molar-refractivity contribution is 7.16. The molecule has 0 aromatic carbocycles. The summed E-state index contributed by atoms with van der Waals surface area (Å²) in [5.74, 6) is -0.142. The molecule has 4 rings (SSSR count). The van der Waals surface area contributed by atoms with Gasteiger partial charge in [0.25, 0.3) is 0 Å². The van der Waals surface area contributed by atoms with Gasteiger partial charge in [0.1, 0.15) is 11.1 Å². The number of ether oxygens (including phenoxy) is 1. The Labute approximate surface area is 207 Å². The minimum absolute atomic E-state index is 0.160. The second-order valence-corrected chi connectivity index (χ2v) is 9.51. The van der Waals surface area contributed by atoms with Gasteiger partial charge in [0.2, 0.25) is 5.91 Å². The van der Waals surface area contributed by atoms with Crippen molar-refractivity contribution in [2.24, 2.45) is 13.0 Å². The number of amides is 2. The van der Waals surface area contributed by atoms with E-state index in [0.717, 1.165) is 33.7 Å². The molecule has 35 heavy (non-hydrogen) atoms. The number of hydrogen-bond acceptors (Lipinski definition) is 7. The summed E-state index contributed by atoms with van der Waals surface area (Å²) in [5.41, 5.74) is 4.14. The molecule has 0 aliphatic heterocycles. The number of nitriles is 1. The van der Waals surface area contributed by atoms with Gasteiger partial charge in [-0.25, -0.2) is 4.79 Å². The van der Waals surface area contributed by atoms with E-state index in [1.807, 2.05) is 26.2 Å². The molecule has 0 saturated heterocycles. The lowest BCUT2D eigenvalue weighted by Crippen LogP contribution is -2.27. The topological polar surface area (TPSA) is 122 Å². The molecule has 1 atom stereocenters. The number of nitrogens with zero attached hydrogens (tertiary/aromatic N) is 4. The van der Waals surface area contributed by atoms with Gasteiger partial charge in [0, 0.05) is 48.7 Å². The highest BCUT2D eigenvalue weighted by atomic mass is 32.1. The highest BCUT2D eigenvalue weighted by Crippen LogP contribution is 2.39. The van der Waals surface area contributed by atoms with E-state index in [1.165, 1.54) is 17.4 Å². The van der Waals surface area contributed by atoms with Crippen LogP contribution in [0.15, 0.2) is 36.8 Å². The third-order valence-corrected chi connectivity index (χ3v) is 6.99. The Morgan fingerprint density at radius 3 is 3.00 bits per heavy atom. The number of nitrogens with one attached hydrogen (secondary N) is 2. The maximum absolute atomic E-state index is 12.4. The Kier molecular flexibility index (Phi) is 7.57. The zero-order chi connectivity index (χ0) is 24.8. The Bertz CT molecular complexity index is 1290. The van der Waals surface area contributed by atoms with Crippen LogP contribution in [0.3, 0.4) is 0 Å². The fraction of sp³-hybridized carbons (Fsp3) is 0.320. The van der Waals surface area contributed by atoms with Crippen molar-refractivity contribution in [2.75, 3.05) is 11.9 Å². The molecule has 10 heteroatoms. The van der Waals surface area contributed by atoms with Crippen LogP contribution in [0.5, 0.6) is 0 Å². The quantitative estimate of drug-likeness (QED) is 0.487. The number of carbonyl (C=O) groups excluding carboxylic acids is 2. The van der Waals surface area contributed by atoms with Gasteiger partial charge >= 0.3 is 6.09 Å². The summed E-state index contributed by atoms with van der Waals surface area (Å²) >= 11 is 1.42. The number of thiophene rings is 1. The molecular formula is C25H26N6O3S. The maximum atomic E-state index is 12.4. The maximum Gasteiger partial charge on any atom is 0.407 e. The lowest BCUT2D eigenvalue weighted by atomic mass is 9.88. The second kappa shape index (κ2) is 11.0. The summed E-state index contributed by atoms with van der Waals surface area (Å²) < 4.78 is 7.16. The lowest BCUT2D eigenvalue weighted by molar-refractivity contribution is -0.111. The van der Waals surface area contributed by atoms with Crippen molar-refractivity contribution < 1.29 is 14.3 Å². The van der Waals surface area contributed by atoms with Crippen molar-refractivity contribution in [1.29, 1.82) is 5.26 Å². The molecule has 1 unspecified atom stereocenters. The zero-order valence-electron chi connectivity index (χ0n) is 19.6. The van der Waals surface area contributed by atoms with Crippen LogP contribution in [0.1, 0.15) is 39.2 Å². The molecule has 2 N–H and O–H groups in total. The first-order valence-corrected chi connectivity index (χ1v) is 12.1. The van der Waals surface area contributed by atoms with Gasteiger partial charge in [-0.1, -0.05) is 6.07 Å². The van der Waals surface area contributed by atoms with E-state index in [0.29, 0.717) is 36.6 Å². The van der Waals surface area contributed by atoms with Crippen LogP contribution in [0.25, 0.3) is 6.08 Å². The van der Waals surface area contributed by atoms with Gasteiger partial charge in [0.15, 0.2) is 0 Å². The van der Waals surface area contributed by atoms with E-state index in [-0.39, 0.29) is 11.8 Å². The van der Waals surface area contributed by atoms with Crippen LogP contribution in [0.2, 0.25) is 0 Å².